The predicted octanol–water partition coefficient (Wildman–Crippen LogP) is 3.84. The Morgan fingerprint density at radius 3 is 2.17 bits per heavy atom. The van der Waals surface area contributed by atoms with Crippen LogP contribution in [0.15, 0.2) is 0 Å². The molecule has 0 radical (unpaired) electrons. The highest BCUT2D eigenvalue weighted by Gasteiger charge is 2.06. The van der Waals surface area contributed by atoms with Gasteiger partial charge in [0.1, 0.15) is 8.07 Å². The first-order chi connectivity index (χ1) is 5.56. The summed E-state index contributed by atoms with van der Waals surface area (Å²) in [5, 5.41) is 0. The Kier molecular flexibility index (Phi) is 6.19. The van der Waals surface area contributed by atoms with Gasteiger partial charge in [-0.15, -0.1) is 11.5 Å². The molecule has 0 atom stereocenters. The van der Waals surface area contributed by atoms with Gasteiger partial charge in [0.05, 0.1) is 0 Å². The molecule has 0 bridgehead atoms. The molecule has 0 saturated carbocycles. The number of unbranched alkanes of at least 4 members (excludes halogenated alkanes) is 4. The Labute approximate surface area is 78.8 Å². The quantitative estimate of drug-likeness (QED) is 0.352. The SMILES string of the molecule is CCCCCCC#C[Si](C)(C)C. The molecule has 0 aromatic rings. The summed E-state index contributed by atoms with van der Waals surface area (Å²) in [6, 6.07) is 0. The van der Waals surface area contributed by atoms with Crippen LogP contribution in [0.4, 0.5) is 0 Å². The summed E-state index contributed by atoms with van der Waals surface area (Å²) in [6.07, 6.45) is 6.46. The van der Waals surface area contributed by atoms with Crippen molar-refractivity contribution in [3.63, 3.8) is 0 Å². The first kappa shape index (κ1) is 11.8. The zero-order chi connectivity index (χ0) is 9.45. The van der Waals surface area contributed by atoms with Crippen molar-refractivity contribution in [1.82, 2.24) is 0 Å². The second-order valence-electron chi connectivity index (χ2n) is 4.36. The summed E-state index contributed by atoms with van der Waals surface area (Å²) in [6.45, 7) is 9.14. The average Bonchev–Trinajstić information content (AvgIpc) is 1.94. The van der Waals surface area contributed by atoms with Crippen LogP contribution in [0.1, 0.15) is 39.0 Å². The van der Waals surface area contributed by atoms with E-state index in [4.69, 9.17) is 0 Å². The Balaban J connectivity index is 3.34. The van der Waals surface area contributed by atoms with Gasteiger partial charge in [0.15, 0.2) is 0 Å². The third-order valence-corrected chi connectivity index (χ3v) is 2.55. The summed E-state index contributed by atoms with van der Waals surface area (Å²) in [7, 11) is -1.09. The van der Waals surface area contributed by atoms with E-state index < -0.39 is 8.07 Å². The first-order valence-electron chi connectivity index (χ1n) is 5.06. The van der Waals surface area contributed by atoms with Gasteiger partial charge in [-0.2, -0.15) is 0 Å². The third kappa shape index (κ3) is 9.78. The predicted molar refractivity (Wildman–Crippen MR) is 59.9 cm³/mol. The molecule has 0 aromatic heterocycles. The lowest BCUT2D eigenvalue weighted by atomic mass is 10.2. The summed E-state index contributed by atoms with van der Waals surface area (Å²) in [5.41, 5.74) is 3.39. The Morgan fingerprint density at radius 1 is 1.00 bits per heavy atom. The molecule has 0 spiro atoms. The lowest BCUT2D eigenvalue weighted by molar-refractivity contribution is 0.680. The molecular weight excluding hydrogens is 160 g/mol. The summed E-state index contributed by atoms with van der Waals surface area (Å²) >= 11 is 0. The van der Waals surface area contributed by atoms with E-state index in [-0.39, 0.29) is 0 Å². The molecule has 0 aliphatic heterocycles. The molecule has 0 rings (SSSR count). The molecule has 0 aliphatic carbocycles. The van der Waals surface area contributed by atoms with Crippen molar-refractivity contribution >= 4 is 8.07 Å². The molecule has 12 heavy (non-hydrogen) atoms. The van der Waals surface area contributed by atoms with Gasteiger partial charge < -0.3 is 0 Å². The van der Waals surface area contributed by atoms with Crippen molar-refractivity contribution < 1.29 is 0 Å². The van der Waals surface area contributed by atoms with Crippen LogP contribution >= 0.6 is 0 Å². The van der Waals surface area contributed by atoms with E-state index in [2.05, 4.69) is 38.0 Å². The van der Waals surface area contributed by atoms with Crippen molar-refractivity contribution in [2.45, 2.75) is 58.7 Å². The van der Waals surface area contributed by atoms with E-state index in [1.54, 1.807) is 0 Å². The first-order valence-corrected chi connectivity index (χ1v) is 8.56. The number of hydrogen-bond acceptors (Lipinski definition) is 0. The maximum absolute atomic E-state index is 3.39. The Morgan fingerprint density at radius 2 is 1.67 bits per heavy atom. The molecule has 0 aromatic carbocycles. The largest absolute Gasteiger partial charge is 0.132 e. The topological polar surface area (TPSA) is 0 Å². The monoisotopic (exact) mass is 182 g/mol. The molecule has 0 unspecified atom stereocenters. The van der Waals surface area contributed by atoms with Gasteiger partial charge in [0, 0.05) is 6.42 Å². The molecule has 70 valence electrons. The molecular formula is C11H22Si. The fourth-order valence-corrected chi connectivity index (χ4v) is 1.62. The zero-order valence-corrected chi connectivity index (χ0v) is 10.0. The lowest BCUT2D eigenvalue weighted by Gasteiger charge is -2.03. The highest BCUT2D eigenvalue weighted by atomic mass is 28.3. The molecule has 0 heterocycles. The Bertz CT molecular complexity index is 154. The van der Waals surface area contributed by atoms with Crippen LogP contribution in [0, 0.1) is 11.5 Å². The van der Waals surface area contributed by atoms with Gasteiger partial charge in [0.2, 0.25) is 0 Å². The van der Waals surface area contributed by atoms with E-state index in [1.165, 1.54) is 25.7 Å². The van der Waals surface area contributed by atoms with Crippen LogP contribution in [0.5, 0.6) is 0 Å². The molecule has 0 amide bonds. The summed E-state index contributed by atoms with van der Waals surface area (Å²) in [5.74, 6) is 3.30. The summed E-state index contributed by atoms with van der Waals surface area (Å²) in [4.78, 5) is 0. The normalized spacial score (nSPS) is 10.7. The van der Waals surface area contributed by atoms with Gasteiger partial charge in [-0.25, -0.2) is 0 Å². The smallest absolute Gasteiger partial charge is 0.129 e. The minimum absolute atomic E-state index is 1.09. The van der Waals surface area contributed by atoms with Crippen molar-refractivity contribution in [2.75, 3.05) is 0 Å². The molecule has 0 N–H and O–H groups in total. The van der Waals surface area contributed by atoms with E-state index in [9.17, 15) is 0 Å². The molecule has 0 fully saturated rings. The second-order valence-corrected chi connectivity index (χ2v) is 9.11. The van der Waals surface area contributed by atoms with Gasteiger partial charge in [-0.1, -0.05) is 45.8 Å². The van der Waals surface area contributed by atoms with Gasteiger partial charge in [-0.05, 0) is 6.42 Å². The van der Waals surface area contributed by atoms with Gasteiger partial charge in [0.25, 0.3) is 0 Å². The van der Waals surface area contributed by atoms with E-state index in [0.29, 0.717) is 0 Å². The summed E-state index contributed by atoms with van der Waals surface area (Å²) < 4.78 is 0. The van der Waals surface area contributed by atoms with Gasteiger partial charge in [-0.3, -0.25) is 0 Å². The van der Waals surface area contributed by atoms with Gasteiger partial charge >= 0.3 is 0 Å². The molecule has 0 saturated heterocycles. The highest BCUT2D eigenvalue weighted by molar-refractivity contribution is 6.83. The number of rotatable bonds is 4. The van der Waals surface area contributed by atoms with E-state index >= 15 is 0 Å². The number of hydrogen-bond donors (Lipinski definition) is 0. The van der Waals surface area contributed by atoms with Crippen LogP contribution in [-0.2, 0) is 0 Å². The van der Waals surface area contributed by atoms with Crippen molar-refractivity contribution in [2.24, 2.45) is 0 Å². The third-order valence-electron chi connectivity index (χ3n) is 1.62. The van der Waals surface area contributed by atoms with Crippen LogP contribution in [0.3, 0.4) is 0 Å². The van der Waals surface area contributed by atoms with E-state index in [0.717, 1.165) is 6.42 Å². The lowest BCUT2D eigenvalue weighted by Crippen LogP contribution is -2.16. The maximum atomic E-state index is 3.39. The molecule has 1 heteroatoms. The minimum atomic E-state index is -1.09. The standard InChI is InChI=1S/C11H22Si/c1-5-6-7-8-9-10-11-12(2,3)4/h5-9H2,1-4H3. The Hall–Kier alpha value is -0.223. The minimum Gasteiger partial charge on any atom is -0.132 e. The van der Waals surface area contributed by atoms with Crippen LogP contribution in [0.2, 0.25) is 19.6 Å². The average molecular weight is 182 g/mol. The highest BCUT2D eigenvalue weighted by Crippen LogP contribution is 2.02. The fourth-order valence-electron chi connectivity index (χ4n) is 0.968. The van der Waals surface area contributed by atoms with Crippen molar-refractivity contribution in [1.29, 1.82) is 0 Å². The fraction of sp³-hybridized carbons (Fsp3) is 0.818. The maximum Gasteiger partial charge on any atom is 0.129 e. The zero-order valence-electron chi connectivity index (χ0n) is 9.04. The van der Waals surface area contributed by atoms with Crippen molar-refractivity contribution in [3.8, 4) is 11.5 Å². The van der Waals surface area contributed by atoms with Crippen LogP contribution < -0.4 is 0 Å². The van der Waals surface area contributed by atoms with E-state index in [1.807, 2.05) is 0 Å². The molecule has 0 aliphatic rings. The second kappa shape index (κ2) is 6.31. The molecule has 0 nitrogen and oxygen atoms in total. The van der Waals surface area contributed by atoms with Crippen molar-refractivity contribution in [3.05, 3.63) is 0 Å². The van der Waals surface area contributed by atoms with Crippen LogP contribution in [0.25, 0.3) is 0 Å². The van der Waals surface area contributed by atoms with Crippen LogP contribution in [-0.4, -0.2) is 8.07 Å².